The van der Waals surface area contributed by atoms with Crippen molar-refractivity contribution in [1.82, 2.24) is 0 Å². The molecule has 0 aromatic rings. The van der Waals surface area contributed by atoms with Crippen LogP contribution in [0.25, 0.3) is 0 Å². The molecule has 4 heteroatoms. The highest BCUT2D eigenvalue weighted by atomic mass is 16.5. The molecule has 0 saturated heterocycles. The fraction of sp³-hybridized carbons (Fsp3) is 0.875. The van der Waals surface area contributed by atoms with E-state index in [4.69, 9.17) is 9.84 Å². The Kier molecular flexibility index (Phi) is 12.3. The van der Waals surface area contributed by atoms with Crippen LogP contribution in [-0.2, 0) is 14.3 Å². The zero-order chi connectivity index (χ0) is 15.2. The molecule has 1 N–H and O–H groups in total. The van der Waals surface area contributed by atoms with Crippen LogP contribution < -0.4 is 0 Å². The minimum absolute atomic E-state index is 0.0355. The van der Waals surface area contributed by atoms with Crippen molar-refractivity contribution >= 4 is 11.9 Å². The van der Waals surface area contributed by atoms with Crippen LogP contribution in [0.2, 0.25) is 0 Å². The predicted octanol–water partition coefficient (Wildman–Crippen LogP) is 4.31. The molecule has 1 unspecified atom stereocenters. The maximum atomic E-state index is 11.4. The number of hydrogen-bond acceptors (Lipinski definition) is 3. The average molecular weight is 286 g/mol. The van der Waals surface area contributed by atoms with E-state index in [0.29, 0.717) is 6.42 Å². The van der Waals surface area contributed by atoms with Gasteiger partial charge in [0.1, 0.15) is 0 Å². The molecule has 1 atom stereocenters. The van der Waals surface area contributed by atoms with Crippen molar-refractivity contribution in [3.05, 3.63) is 0 Å². The first-order chi connectivity index (χ1) is 9.56. The van der Waals surface area contributed by atoms with E-state index in [0.717, 1.165) is 51.4 Å². The SMILES string of the molecule is CCC(C)OC(=O)CCCCCCCCCCC(=O)O. The molecule has 0 rings (SSSR count). The molecule has 0 bridgehead atoms. The number of unbranched alkanes of at least 4 members (excludes halogenated alkanes) is 7. The third-order valence-corrected chi connectivity index (χ3v) is 3.43. The van der Waals surface area contributed by atoms with Crippen LogP contribution in [0.3, 0.4) is 0 Å². The summed E-state index contributed by atoms with van der Waals surface area (Å²) in [6, 6.07) is 0. The van der Waals surface area contributed by atoms with Gasteiger partial charge in [0.2, 0.25) is 0 Å². The Bertz CT molecular complexity index is 263. The highest BCUT2D eigenvalue weighted by molar-refractivity contribution is 5.69. The highest BCUT2D eigenvalue weighted by Crippen LogP contribution is 2.11. The van der Waals surface area contributed by atoms with Crippen LogP contribution in [-0.4, -0.2) is 23.1 Å². The maximum Gasteiger partial charge on any atom is 0.306 e. The van der Waals surface area contributed by atoms with Gasteiger partial charge in [-0.2, -0.15) is 0 Å². The Hall–Kier alpha value is -1.06. The molecule has 0 spiro atoms. The van der Waals surface area contributed by atoms with E-state index in [9.17, 15) is 9.59 Å². The van der Waals surface area contributed by atoms with Crippen molar-refractivity contribution in [2.45, 2.75) is 90.6 Å². The lowest BCUT2D eigenvalue weighted by molar-refractivity contribution is -0.148. The lowest BCUT2D eigenvalue weighted by atomic mass is 10.1. The number of carbonyl (C=O) groups is 2. The quantitative estimate of drug-likeness (QED) is 0.404. The van der Waals surface area contributed by atoms with Gasteiger partial charge in [-0.3, -0.25) is 9.59 Å². The molecular weight excluding hydrogens is 256 g/mol. The fourth-order valence-electron chi connectivity index (χ4n) is 1.97. The van der Waals surface area contributed by atoms with Gasteiger partial charge in [0.15, 0.2) is 0 Å². The van der Waals surface area contributed by atoms with E-state index in [1.54, 1.807) is 0 Å². The zero-order valence-electron chi connectivity index (χ0n) is 13.0. The summed E-state index contributed by atoms with van der Waals surface area (Å²) < 4.78 is 5.20. The van der Waals surface area contributed by atoms with Crippen molar-refractivity contribution in [1.29, 1.82) is 0 Å². The van der Waals surface area contributed by atoms with Crippen molar-refractivity contribution in [2.24, 2.45) is 0 Å². The van der Waals surface area contributed by atoms with E-state index in [1.807, 2.05) is 13.8 Å². The molecular formula is C16H30O4. The van der Waals surface area contributed by atoms with Gasteiger partial charge in [-0.1, -0.05) is 45.4 Å². The van der Waals surface area contributed by atoms with Crippen LogP contribution in [0.5, 0.6) is 0 Å². The smallest absolute Gasteiger partial charge is 0.306 e. The number of carbonyl (C=O) groups excluding carboxylic acids is 1. The van der Waals surface area contributed by atoms with Crippen LogP contribution in [0.4, 0.5) is 0 Å². The summed E-state index contributed by atoms with van der Waals surface area (Å²) in [4.78, 5) is 21.7. The van der Waals surface area contributed by atoms with Gasteiger partial charge in [-0.25, -0.2) is 0 Å². The zero-order valence-corrected chi connectivity index (χ0v) is 13.0. The molecule has 0 amide bonds. The molecule has 0 aliphatic rings. The van der Waals surface area contributed by atoms with Crippen LogP contribution in [0.1, 0.15) is 84.5 Å². The molecule has 0 fully saturated rings. The number of carboxylic acids is 1. The summed E-state index contributed by atoms with van der Waals surface area (Å²) >= 11 is 0. The Balaban J connectivity index is 3.20. The standard InChI is InChI=1S/C16H30O4/c1-3-14(2)20-16(19)13-11-9-7-5-4-6-8-10-12-15(17)18/h14H,3-13H2,1-2H3,(H,17,18). The van der Waals surface area contributed by atoms with E-state index in [-0.39, 0.29) is 18.5 Å². The van der Waals surface area contributed by atoms with Crippen LogP contribution in [0.15, 0.2) is 0 Å². The lowest BCUT2D eigenvalue weighted by Crippen LogP contribution is -2.13. The Morgan fingerprint density at radius 3 is 1.80 bits per heavy atom. The lowest BCUT2D eigenvalue weighted by Gasteiger charge is -2.10. The molecule has 0 radical (unpaired) electrons. The van der Waals surface area contributed by atoms with Gasteiger partial charge in [0, 0.05) is 12.8 Å². The second kappa shape index (κ2) is 12.9. The molecule has 0 saturated carbocycles. The van der Waals surface area contributed by atoms with Crippen LogP contribution in [0, 0.1) is 0 Å². The third-order valence-electron chi connectivity index (χ3n) is 3.43. The molecule has 0 aliphatic carbocycles. The molecule has 20 heavy (non-hydrogen) atoms. The number of ether oxygens (including phenoxy) is 1. The van der Waals surface area contributed by atoms with Gasteiger partial charge in [-0.05, 0) is 26.2 Å². The summed E-state index contributed by atoms with van der Waals surface area (Å²) in [5.41, 5.74) is 0. The summed E-state index contributed by atoms with van der Waals surface area (Å²) in [6.45, 7) is 3.93. The topological polar surface area (TPSA) is 63.6 Å². The van der Waals surface area contributed by atoms with E-state index in [1.165, 1.54) is 6.42 Å². The van der Waals surface area contributed by atoms with Gasteiger partial charge in [0.25, 0.3) is 0 Å². The van der Waals surface area contributed by atoms with Crippen molar-refractivity contribution in [2.75, 3.05) is 0 Å². The van der Waals surface area contributed by atoms with Gasteiger partial charge in [0.05, 0.1) is 6.10 Å². The first-order valence-corrected chi connectivity index (χ1v) is 7.97. The number of aliphatic carboxylic acids is 1. The third kappa shape index (κ3) is 13.4. The van der Waals surface area contributed by atoms with E-state index >= 15 is 0 Å². The van der Waals surface area contributed by atoms with Gasteiger partial charge >= 0.3 is 11.9 Å². The minimum atomic E-state index is -0.700. The van der Waals surface area contributed by atoms with E-state index in [2.05, 4.69) is 0 Å². The van der Waals surface area contributed by atoms with Crippen molar-refractivity contribution in [3.8, 4) is 0 Å². The Morgan fingerprint density at radius 2 is 1.35 bits per heavy atom. The predicted molar refractivity (Wildman–Crippen MR) is 79.7 cm³/mol. The summed E-state index contributed by atoms with van der Waals surface area (Å²) in [6.07, 6.45) is 10.1. The largest absolute Gasteiger partial charge is 0.481 e. The molecule has 0 aromatic heterocycles. The first-order valence-electron chi connectivity index (χ1n) is 7.97. The molecule has 0 heterocycles. The summed E-state index contributed by atoms with van der Waals surface area (Å²) in [7, 11) is 0. The monoisotopic (exact) mass is 286 g/mol. The second-order valence-electron chi connectivity index (χ2n) is 5.43. The van der Waals surface area contributed by atoms with Crippen molar-refractivity contribution < 1.29 is 19.4 Å². The number of esters is 1. The van der Waals surface area contributed by atoms with Gasteiger partial charge in [-0.15, -0.1) is 0 Å². The molecule has 118 valence electrons. The first kappa shape index (κ1) is 18.9. The molecule has 0 aliphatic heterocycles. The number of rotatable bonds is 13. The summed E-state index contributed by atoms with van der Waals surface area (Å²) in [5, 5.41) is 8.49. The minimum Gasteiger partial charge on any atom is -0.481 e. The Morgan fingerprint density at radius 1 is 0.900 bits per heavy atom. The summed E-state index contributed by atoms with van der Waals surface area (Å²) in [5.74, 6) is -0.776. The highest BCUT2D eigenvalue weighted by Gasteiger charge is 2.06. The number of carboxylic acid groups (broad SMARTS) is 1. The van der Waals surface area contributed by atoms with Crippen molar-refractivity contribution in [3.63, 3.8) is 0 Å². The Labute approximate surface area is 122 Å². The molecule has 0 aromatic carbocycles. The second-order valence-corrected chi connectivity index (χ2v) is 5.43. The normalized spacial score (nSPS) is 12.1. The maximum absolute atomic E-state index is 11.4. The fourth-order valence-corrected chi connectivity index (χ4v) is 1.97. The van der Waals surface area contributed by atoms with E-state index < -0.39 is 5.97 Å². The molecule has 4 nitrogen and oxygen atoms in total. The van der Waals surface area contributed by atoms with Crippen LogP contribution >= 0.6 is 0 Å². The van der Waals surface area contributed by atoms with Gasteiger partial charge < -0.3 is 9.84 Å². The number of hydrogen-bond donors (Lipinski definition) is 1. The average Bonchev–Trinajstić information content (AvgIpc) is 2.40.